The van der Waals surface area contributed by atoms with E-state index in [1.165, 1.54) is 5.03 Å². The quantitative estimate of drug-likeness (QED) is 0.520. The van der Waals surface area contributed by atoms with Gasteiger partial charge in [-0.05, 0) is 6.08 Å². The van der Waals surface area contributed by atoms with E-state index in [2.05, 4.69) is 35.4 Å². The lowest BCUT2D eigenvalue weighted by Crippen LogP contribution is -2.19. The Balaban J connectivity index is 2.26. The highest BCUT2D eigenvalue weighted by Gasteiger charge is 2.10. The summed E-state index contributed by atoms with van der Waals surface area (Å²) < 4.78 is 0. The number of nitrogens with zero attached hydrogens (tertiary/aromatic N) is 1. The Bertz CT molecular complexity index is 215. The molecule has 0 amide bonds. The van der Waals surface area contributed by atoms with Crippen LogP contribution in [-0.4, -0.2) is 17.2 Å². The first-order chi connectivity index (χ1) is 4.97. The van der Waals surface area contributed by atoms with Gasteiger partial charge in [-0.3, -0.25) is 0 Å². The molecule has 52 valence electrons. The van der Waals surface area contributed by atoms with E-state index in [-0.39, 0.29) is 0 Å². The zero-order chi connectivity index (χ0) is 6.81. The fraction of sp³-hybridized carbons (Fsp3) is 0.250. The van der Waals surface area contributed by atoms with Crippen LogP contribution in [0, 0.1) is 0 Å². The maximum atomic E-state index is 2.26. The van der Waals surface area contributed by atoms with E-state index in [1.807, 2.05) is 11.8 Å². The third-order valence-electron chi connectivity index (χ3n) is 1.57. The first kappa shape index (κ1) is 6.10. The van der Waals surface area contributed by atoms with Crippen molar-refractivity contribution in [1.29, 1.82) is 0 Å². The van der Waals surface area contributed by atoms with Gasteiger partial charge in [0.05, 0.1) is 5.03 Å². The maximum absolute atomic E-state index is 2.26. The van der Waals surface area contributed by atoms with Crippen molar-refractivity contribution in [3.63, 3.8) is 0 Å². The number of hydrogen-bond acceptors (Lipinski definition) is 2. The summed E-state index contributed by atoms with van der Waals surface area (Å²) >= 11 is 1.90. The first-order valence-electron chi connectivity index (χ1n) is 3.40. The molecule has 0 aromatic carbocycles. The Morgan fingerprint density at radius 2 is 2.40 bits per heavy atom. The van der Waals surface area contributed by atoms with Crippen molar-refractivity contribution in [1.82, 2.24) is 4.90 Å². The van der Waals surface area contributed by atoms with Crippen molar-refractivity contribution < 1.29 is 0 Å². The van der Waals surface area contributed by atoms with E-state index >= 15 is 0 Å². The Hall–Kier alpha value is -0.630. The molecule has 2 heteroatoms. The average molecular weight is 151 g/mol. The number of allylic oxidation sites excluding steroid dienone is 2. The molecule has 0 spiro atoms. The van der Waals surface area contributed by atoms with Crippen molar-refractivity contribution in [3.8, 4) is 0 Å². The van der Waals surface area contributed by atoms with Gasteiger partial charge in [0.25, 0.3) is 0 Å². The molecule has 2 rings (SSSR count). The smallest absolute Gasteiger partial charge is 0.0753 e. The summed E-state index contributed by atoms with van der Waals surface area (Å²) in [6.07, 6.45) is 10.8. The van der Waals surface area contributed by atoms with Crippen LogP contribution < -0.4 is 0 Å². The highest BCUT2D eigenvalue weighted by Crippen LogP contribution is 2.26. The molecular formula is C8H9NS. The minimum absolute atomic E-state index is 1.04. The van der Waals surface area contributed by atoms with Crippen LogP contribution in [-0.2, 0) is 0 Å². The molecule has 2 aliphatic heterocycles. The van der Waals surface area contributed by atoms with Gasteiger partial charge in [0, 0.05) is 18.5 Å². The van der Waals surface area contributed by atoms with Gasteiger partial charge >= 0.3 is 0 Å². The van der Waals surface area contributed by atoms with Crippen LogP contribution in [0.3, 0.4) is 0 Å². The lowest BCUT2D eigenvalue weighted by molar-refractivity contribution is 0.543. The molecule has 0 atom stereocenters. The zero-order valence-electron chi connectivity index (χ0n) is 5.66. The molecule has 0 fully saturated rings. The monoisotopic (exact) mass is 151 g/mol. The summed E-state index contributed by atoms with van der Waals surface area (Å²) in [7, 11) is 0. The standard InChI is InChI=1S/C8H9NS/c1-2-5-9-6-3-7-10-8(9)4-1/h1-4,6H,5,7H2. The van der Waals surface area contributed by atoms with Crippen LogP contribution in [0.4, 0.5) is 0 Å². The topological polar surface area (TPSA) is 3.24 Å². The van der Waals surface area contributed by atoms with Gasteiger partial charge in [-0.1, -0.05) is 18.2 Å². The van der Waals surface area contributed by atoms with Crippen molar-refractivity contribution in [3.05, 3.63) is 35.5 Å². The minimum Gasteiger partial charge on any atom is -0.339 e. The van der Waals surface area contributed by atoms with Crippen LogP contribution >= 0.6 is 11.8 Å². The van der Waals surface area contributed by atoms with E-state index in [4.69, 9.17) is 0 Å². The van der Waals surface area contributed by atoms with Gasteiger partial charge in [-0.25, -0.2) is 0 Å². The molecule has 0 saturated heterocycles. The lowest BCUT2D eigenvalue weighted by Gasteiger charge is -2.26. The average Bonchev–Trinajstić information content (AvgIpc) is 2.05. The second-order valence-corrected chi connectivity index (χ2v) is 3.32. The highest BCUT2D eigenvalue weighted by atomic mass is 32.2. The minimum atomic E-state index is 1.04. The molecule has 10 heavy (non-hydrogen) atoms. The predicted molar refractivity (Wildman–Crippen MR) is 45.5 cm³/mol. The van der Waals surface area contributed by atoms with Crippen molar-refractivity contribution >= 4 is 11.8 Å². The largest absolute Gasteiger partial charge is 0.339 e. The summed E-state index contributed by atoms with van der Waals surface area (Å²) in [5.41, 5.74) is 0. The predicted octanol–water partition coefficient (Wildman–Crippen LogP) is 1.96. The molecule has 0 aliphatic carbocycles. The van der Waals surface area contributed by atoms with E-state index in [1.54, 1.807) is 0 Å². The Morgan fingerprint density at radius 3 is 3.30 bits per heavy atom. The van der Waals surface area contributed by atoms with Crippen molar-refractivity contribution in [2.45, 2.75) is 0 Å². The fourth-order valence-electron chi connectivity index (χ4n) is 1.08. The van der Waals surface area contributed by atoms with Crippen LogP contribution in [0.5, 0.6) is 0 Å². The van der Waals surface area contributed by atoms with Crippen LogP contribution in [0.2, 0.25) is 0 Å². The number of hydrogen-bond donors (Lipinski definition) is 0. The Labute approximate surface area is 65.1 Å². The van der Waals surface area contributed by atoms with Gasteiger partial charge < -0.3 is 4.90 Å². The van der Waals surface area contributed by atoms with Gasteiger partial charge in [0.15, 0.2) is 0 Å². The normalized spacial score (nSPS) is 22.4. The molecule has 0 aromatic rings. The number of fused-ring (bicyclic) bond motifs is 1. The molecule has 0 saturated carbocycles. The van der Waals surface area contributed by atoms with Crippen LogP contribution in [0.15, 0.2) is 35.5 Å². The lowest BCUT2D eigenvalue weighted by atomic mass is 10.3. The van der Waals surface area contributed by atoms with Gasteiger partial charge in [-0.2, -0.15) is 0 Å². The summed E-state index contributed by atoms with van der Waals surface area (Å²) in [6.45, 7) is 1.04. The molecule has 2 aliphatic rings. The van der Waals surface area contributed by atoms with Gasteiger partial charge in [0.2, 0.25) is 0 Å². The number of thioether (sulfide) groups is 1. The van der Waals surface area contributed by atoms with Gasteiger partial charge in [-0.15, -0.1) is 11.8 Å². The molecule has 0 radical (unpaired) electrons. The van der Waals surface area contributed by atoms with E-state index in [9.17, 15) is 0 Å². The molecule has 0 aromatic heterocycles. The molecular weight excluding hydrogens is 142 g/mol. The summed E-state index contributed by atoms with van der Waals surface area (Å²) in [5.74, 6) is 1.12. The molecule has 0 unspecified atom stereocenters. The Kier molecular flexibility index (Phi) is 1.55. The first-order valence-corrected chi connectivity index (χ1v) is 4.38. The molecule has 0 N–H and O–H groups in total. The second kappa shape index (κ2) is 2.54. The third kappa shape index (κ3) is 0.991. The molecule has 0 bridgehead atoms. The SMILES string of the molecule is C1=CCN2C=CCSC2=C1. The van der Waals surface area contributed by atoms with Crippen LogP contribution in [0.25, 0.3) is 0 Å². The van der Waals surface area contributed by atoms with Crippen molar-refractivity contribution in [2.24, 2.45) is 0 Å². The maximum Gasteiger partial charge on any atom is 0.0753 e. The molecule has 2 heterocycles. The fourth-order valence-corrected chi connectivity index (χ4v) is 1.91. The van der Waals surface area contributed by atoms with E-state index < -0.39 is 0 Å². The van der Waals surface area contributed by atoms with E-state index in [0.717, 1.165) is 12.3 Å². The number of rotatable bonds is 0. The summed E-state index contributed by atoms with van der Waals surface area (Å²) in [4.78, 5) is 2.26. The summed E-state index contributed by atoms with van der Waals surface area (Å²) in [6, 6.07) is 0. The van der Waals surface area contributed by atoms with Gasteiger partial charge in [0.1, 0.15) is 0 Å². The zero-order valence-corrected chi connectivity index (χ0v) is 6.47. The van der Waals surface area contributed by atoms with Crippen molar-refractivity contribution in [2.75, 3.05) is 12.3 Å². The highest BCUT2D eigenvalue weighted by molar-refractivity contribution is 8.03. The van der Waals surface area contributed by atoms with Crippen LogP contribution in [0.1, 0.15) is 0 Å². The molecule has 1 nitrogen and oxygen atoms in total. The Morgan fingerprint density at radius 1 is 1.40 bits per heavy atom. The van der Waals surface area contributed by atoms with E-state index in [0.29, 0.717) is 0 Å². The summed E-state index contributed by atoms with van der Waals surface area (Å²) in [5, 5.41) is 1.38. The third-order valence-corrected chi connectivity index (χ3v) is 2.60. The second-order valence-electron chi connectivity index (χ2n) is 2.28.